The van der Waals surface area contributed by atoms with Gasteiger partial charge in [0.15, 0.2) is 0 Å². The summed E-state index contributed by atoms with van der Waals surface area (Å²) in [4.78, 5) is 0. The highest BCUT2D eigenvalue weighted by molar-refractivity contribution is 4.80. The molecule has 1 saturated carbocycles. The normalized spacial score (nSPS) is 31.2. The minimum Gasteiger partial charge on any atom is -0.311 e. The molecule has 0 aliphatic heterocycles. The molecule has 78 valence electrons. The van der Waals surface area contributed by atoms with Crippen molar-refractivity contribution in [2.75, 3.05) is 0 Å². The maximum Gasteiger partial charge on any atom is 0.00721 e. The molecule has 1 aliphatic carbocycles. The minimum absolute atomic E-state index is 0.704. The van der Waals surface area contributed by atoms with Gasteiger partial charge in [-0.15, -0.1) is 0 Å². The first-order valence-electron chi connectivity index (χ1n) is 5.84. The summed E-state index contributed by atoms with van der Waals surface area (Å²) in [6.45, 7) is 9.29. The van der Waals surface area contributed by atoms with E-state index in [0.29, 0.717) is 6.04 Å². The van der Waals surface area contributed by atoms with Gasteiger partial charge in [0.2, 0.25) is 0 Å². The van der Waals surface area contributed by atoms with Crippen LogP contribution in [0.2, 0.25) is 0 Å². The molecule has 13 heavy (non-hydrogen) atoms. The molecule has 1 aliphatic rings. The van der Waals surface area contributed by atoms with Crippen LogP contribution < -0.4 is 5.32 Å². The zero-order chi connectivity index (χ0) is 9.84. The fraction of sp³-hybridized carbons (Fsp3) is 1.00. The third-order valence-corrected chi connectivity index (χ3v) is 3.04. The van der Waals surface area contributed by atoms with E-state index in [9.17, 15) is 0 Å². The predicted molar refractivity (Wildman–Crippen MR) is 58.9 cm³/mol. The number of hydrogen-bond donors (Lipinski definition) is 1. The van der Waals surface area contributed by atoms with E-state index in [1.807, 2.05) is 0 Å². The van der Waals surface area contributed by atoms with Crippen LogP contribution in [0.25, 0.3) is 0 Å². The van der Waals surface area contributed by atoms with Gasteiger partial charge in [-0.05, 0) is 44.4 Å². The topological polar surface area (TPSA) is 12.0 Å². The summed E-state index contributed by atoms with van der Waals surface area (Å²) >= 11 is 0. The maximum atomic E-state index is 3.74. The van der Waals surface area contributed by atoms with Gasteiger partial charge in [0.05, 0.1) is 0 Å². The van der Waals surface area contributed by atoms with Crippen molar-refractivity contribution in [2.45, 2.75) is 65.5 Å². The first-order valence-corrected chi connectivity index (χ1v) is 5.84. The second-order valence-electron chi connectivity index (χ2n) is 5.31. The molecule has 0 bridgehead atoms. The van der Waals surface area contributed by atoms with Crippen LogP contribution in [0.15, 0.2) is 0 Å². The molecule has 0 aromatic rings. The Hall–Kier alpha value is -0.0400. The van der Waals surface area contributed by atoms with E-state index in [1.54, 1.807) is 0 Å². The molecule has 1 heteroatoms. The summed E-state index contributed by atoms with van der Waals surface area (Å²) in [5.41, 5.74) is 0. The van der Waals surface area contributed by atoms with Gasteiger partial charge >= 0.3 is 0 Å². The van der Waals surface area contributed by atoms with E-state index in [4.69, 9.17) is 0 Å². The molecular weight excluding hydrogens is 158 g/mol. The quantitative estimate of drug-likeness (QED) is 0.706. The molecule has 0 radical (unpaired) electrons. The average molecular weight is 183 g/mol. The lowest BCUT2D eigenvalue weighted by atomic mass is 10.0. The molecule has 0 saturated heterocycles. The Balaban J connectivity index is 2.16. The van der Waals surface area contributed by atoms with Crippen molar-refractivity contribution in [1.29, 1.82) is 0 Å². The van der Waals surface area contributed by atoms with Gasteiger partial charge in [0.1, 0.15) is 0 Å². The van der Waals surface area contributed by atoms with Gasteiger partial charge in [-0.2, -0.15) is 0 Å². The van der Waals surface area contributed by atoms with Crippen LogP contribution in [0, 0.1) is 11.8 Å². The summed E-state index contributed by atoms with van der Waals surface area (Å²) < 4.78 is 0. The highest BCUT2D eigenvalue weighted by Crippen LogP contribution is 2.25. The van der Waals surface area contributed by atoms with Crippen LogP contribution in [0.3, 0.4) is 0 Å². The fourth-order valence-corrected chi connectivity index (χ4v) is 2.54. The number of nitrogens with one attached hydrogen (secondary N) is 1. The Kier molecular flexibility index (Phi) is 4.24. The predicted octanol–water partition coefficient (Wildman–Crippen LogP) is 3.20. The summed E-state index contributed by atoms with van der Waals surface area (Å²) in [7, 11) is 0. The van der Waals surface area contributed by atoms with E-state index in [2.05, 4.69) is 33.0 Å². The van der Waals surface area contributed by atoms with Crippen molar-refractivity contribution < 1.29 is 0 Å². The van der Waals surface area contributed by atoms with Gasteiger partial charge < -0.3 is 5.32 Å². The third-order valence-electron chi connectivity index (χ3n) is 3.04. The Morgan fingerprint density at radius 2 is 1.92 bits per heavy atom. The van der Waals surface area contributed by atoms with E-state index in [0.717, 1.165) is 17.9 Å². The highest BCUT2D eigenvalue weighted by atomic mass is 14.9. The number of rotatable bonds is 4. The number of hydrogen-bond acceptors (Lipinski definition) is 1. The van der Waals surface area contributed by atoms with Crippen LogP contribution in [0.5, 0.6) is 0 Å². The lowest BCUT2D eigenvalue weighted by molar-refractivity contribution is 0.386. The monoisotopic (exact) mass is 183 g/mol. The molecule has 3 atom stereocenters. The van der Waals surface area contributed by atoms with E-state index < -0.39 is 0 Å². The van der Waals surface area contributed by atoms with Crippen molar-refractivity contribution in [3.63, 3.8) is 0 Å². The van der Waals surface area contributed by atoms with Gasteiger partial charge in [-0.3, -0.25) is 0 Å². The lowest BCUT2D eigenvalue weighted by Gasteiger charge is -2.20. The van der Waals surface area contributed by atoms with Crippen molar-refractivity contribution >= 4 is 0 Å². The van der Waals surface area contributed by atoms with Gasteiger partial charge in [0.25, 0.3) is 0 Å². The Labute approximate surface area is 83.3 Å². The van der Waals surface area contributed by atoms with Crippen LogP contribution in [-0.4, -0.2) is 12.1 Å². The van der Waals surface area contributed by atoms with Crippen LogP contribution >= 0.6 is 0 Å². The zero-order valence-corrected chi connectivity index (χ0v) is 9.64. The molecular formula is C12H25N. The smallest absolute Gasteiger partial charge is 0.00721 e. The summed E-state index contributed by atoms with van der Waals surface area (Å²) in [5.74, 6) is 1.77. The molecule has 1 rings (SSSR count). The summed E-state index contributed by atoms with van der Waals surface area (Å²) in [6.07, 6.45) is 5.52. The Morgan fingerprint density at radius 3 is 2.38 bits per heavy atom. The standard InChI is InChI=1S/C12H25N/c1-9(2)7-11(4)13-12-6-5-10(3)8-12/h9-13H,5-8H2,1-4H3. The maximum absolute atomic E-state index is 3.74. The fourth-order valence-electron chi connectivity index (χ4n) is 2.54. The molecule has 1 N–H and O–H groups in total. The minimum atomic E-state index is 0.704. The largest absolute Gasteiger partial charge is 0.311 e. The first-order chi connectivity index (χ1) is 6.08. The second-order valence-corrected chi connectivity index (χ2v) is 5.31. The van der Waals surface area contributed by atoms with Gasteiger partial charge in [-0.25, -0.2) is 0 Å². The first kappa shape index (κ1) is 11.0. The molecule has 0 spiro atoms. The molecule has 0 aromatic carbocycles. The lowest BCUT2D eigenvalue weighted by Crippen LogP contribution is -2.35. The molecule has 0 amide bonds. The summed E-state index contributed by atoms with van der Waals surface area (Å²) in [6, 6.07) is 1.51. The second kappa shape index (κ2) is 4.99. The molecule has 1 nitrogen and oxygen atoms in total. The van der Waals surface area contributed by atoms with Crippen molar-refractivity contribution in [3.8, 4) is 0 Å². The van der Waals surface area contributed by atoms with E-state index in [-0.39, 0.29) is 0 Å². The summed E-state index contributed by atoms with van der Waals surface area (Å²) in [5, 5.41) is 3.74. The Morgan fingerprint density at radius 1 is 1.23 bits per heavy atom. The highest BCUT2D eigenvalue weighted by Gasteiger charge is 2.22. The van der Waals surface area contributed by atoms with E-state index >= 15 is 0 Å². The van der Waals surface area contributed by atoms with Crippen LogP contribution in [-0.2, 0) is 0 Å². The molecule has 0 heterocycles. The SMILES string of the molecule is CC(C)CC(C)NC1CCC(C)C1. The van der Waals surface area contributed by atoms with Gasteiger partial charge in [-0.1, -0.05) is 20.8 Å². The Bertz CT molecular complexity index is 142. The van der Waals surface area contributed by atoms with Crippen LogP contribution in [0.1, 0.15) is 53.4 Å². The van der Waals surface area contributed by atoms with E-state index in [1.165, 1.54) is 25.7 Å². The molecule has 1 fully saturated rings. The zero-order valence-electron chi connectivity index (χ0n) is 9.64. The van der Waals surface area contributed by atoms with Crippen LogP contribution in [0.4, 0.5) is 0 Å². The van der Waals surface area contributed by atoms with Crippen molar-refractivity contribution in [1.82, 2.24) is 5.32 Å². The third kappa shape index (κ3) is 4.12. The van der Waals surface area contributed by atoms with Crippen molar-refractivity contribution in [3.05, 3.63) is 0 Å². The van der Waals surface area contributed by atoms with Gasteiger partial charge in [0, 0.05) is 12.1 Å². The van der Waals surface area contributed by atoms with Crippen molar-refractivity contribution in [2.24, 2.45) is 11.8 Å². The molecule has 0 aromatic heterocycles. The molecule has 3 unspecified atom stereocenters. The average Bonchev–Trinajstić information content (AvgIpc) is 2.33.